The lowest BCUT2D eigenvalue weighted by Gasteiger charge is -2.27. The number of hydrogen-bond donors (Lipinski definition) is 3. The quantitative estimate of drug-likeness (QED) is 0.263. The highest BCUT2D eigenvalue weighted by Gasteiger charge is 2.36. The van der Waals surface area contributed by atoms with Crippen molar-refractivity contribution in [2.75, 3.05) is 20.1 Å². The molecule has 226 valence electrons. The van der Waals surface area contributed by atoms with Gasteiger partial charge in [0, 0.05) is 17.6 Å². The summed E-state index contributed by atoms with van der Waals surface area (Å²) in [5, 5.41) is 26.4. The largest absolute Gasteiger partial charge is 0.479 e. The average Bonchev–Trinajstić information content (AvgIpc) is 3.13. The molecule has 1 aliphatic heterocycles. The Balaban J connectivity index is 0.000000235. The molecule has 3 aromatic carbocycles. The van der Waals surface area contributed by atoms with Crippen LogP contribution in [0.15, 0.2) is 76.8 Å². The predicted molar refractivity (Wildman–Crippen MR) is 168 cm³/mol. The van der Waals surface area contributed by atoms with Crippen LogP contribution in [0.2, 0.25) is 0 Å². The molecule has 9 nitrogen and oxygen atoms in total. The Morgan fingerprint density at radius 2 is 1.47 bits per heavy atom. The fourth-order valence-corrected chi connectivity index (χ4v) is 5.22. The molecule has 1 aliphatic carbocycles. The van der Waals surface area contributed by atoms with Crippen molar-refractivity contribution in [3.63, 3.8) is 0 Å². The number of aliphatic hydroxyl groups is 1. The molecule has 5 N–H and O–H groups in total. The lowest BCUT2D eigenvalue weighted by molar-refractivity contribution is -0.166. The van der Waals surface area contributed by atoms with Gasteiger partial charge in [-0.05, 0) is 78.9 Å². The minimum absolute atomic E-state index is 0. The minimum Gasteiger partial charge on any atom is -0.479 e. The lowest BCUT2D eigenvalue weighted by Crippen LogP contribution is -2.43. The van der Waals surface area contributed by atoms with Crippen LogP contribution in [0, 0.1) is 6.92 Å². The third-order valence-corrected chi connectivity index (χ3v) is 7.70. The number of esters is 1. The molecule has 1 fully saturated rings. The first-order valence-electron chi connectivity index (χ1n) is 13.4. The number of aryl methyl sites for hydroxylation is 1. The van der Waals surface area contributed by atoms with Gasteiger partial charge in [0.15, 0.2) is 6.10 Å². The number of rotatable bonds is 5. The molecule has 1 saturated heterocycles. The first kappa shape index (κ1) is 33.4. The number of ether oxygens (including phenoxy) is 1. The number of carboxylic acids is 2. The zero-order valence-corrected chi connectivity index (χ0v) is 25.4. The molecule has 5 rings (SSSR count). The SMILES string of the molecule is CN1CCC(=C2c3ccccc3C=Cc3ccc(Br)cc32)CC1.Cc1ccc(C(=O)OC(C(=O)O)C(O)C(=O)O)cc1.O. The normalized spacial score (nSPS) is 15.3. The number of carbonyl (C=O) groups excluding carboxylic acids is 1. The van der Waals surface area contributed by atoms with Gasteiger partial charge in [0.05, 0.1) is 5.56 Å². The molecule has 0 saturated carbocycles. The second-order valence-electron chi connectivity index (χ2n) is 10.2. The van der Waals surface area contributed by atoms with Gasteiger partial charge in [0.25, 0.3) is 0 Å². The second-order valence-corrected chi connectivity index (χ2v) is 11.2. The Kier molecular flexibility index (Phi) is 11.6. The maximum absolute atomic E-state index is 11.6. The van der Waals surface area contributed by atoms with Crippen LogP contribution in [0.3, 0.4) is 0 Å². The summed E-state index contributed by atoms with van der Waals surface area (Å²) in [7, 11) is 2.22. The molecule has 43 heavy (non-hydrogen) atoms. The Morgan fingerprint density at radius 1 is 0.860 bits per heavy atom. The maximum Gasteiger partial charge on any atom is 0.348 e. The molecule has 0 aromatic heterocycles. The maximum atomic E-state index is 11.6. The molecule has 2 aliphatic rings. The van der Waals surface area contributed by atoms with Gasteiger partial charge in [0.2, 0.25) is 6.10 Å². The first-order valence-corrected chi connectivity index (χ1v) is 14.2. The third-order valence-electron chi connectivity index (χ3n) is 7.21. The van der Waals surface area contributed by atoms with E-state index in [0.717, 1.165) is 36.0 Å². The Labute approximate surface area is 258 Å². The fourth-order valence-electron chi connectivity index (χ4n) is 4.86. The van der Waals surface area contributed by atoms with E-state index >= 15 is 0 Å². The minimum atomic E-state index is -2.33. The van der Waals surface area contributed by atoms with E-state index in [4.69, 9.17) is 15.3 Å². The van der Waals surface area contributed by atoms with Crippen LogP contribution >= 0.6 is 15.9 Å². The Hall–Kier alpha value is -4.09. The van der Waals surface area contributed by atoms with Crippen LogP contribution < -0.4 is 0 Å². The summed E-state index contributed by atoms with van der Waals surface area (Å²) in [6.45, 7) is 4.10. The molecule has 0 bridgehead atoms. The van der Waals surface area contributed by atoms with Crippen LogP contribution in [0.5, 0.6) is 0 Å². The monoisotopic (exact) mass is 651 g/mol. The number of benzene rings is 3. The number of aliphatic carboxylic acids is 2. The molecule has 0 radical (unpaired) electrons. The molecule has 0 amide bonds. The van der Waals surface area contributed by atoms with Crippen LogP contribution in [0.1, 0.15) is 51.0 Å². The van der Waals surface area contributed by atoms with Gasteiger partial charge in [-0.25, -0.2) is 14.4 Å². The number of hydrogen-bond acceptors (Lipinski definition) is 6. The fraction of sp³-hybridized carbons (Fsp3) is 0.242. The van der Waals surface area contributed by atoms with Crippen molar-refractivity contribution in [3.8, 4) is 0 Å². The van der Waals surface area contributed by atoms with Gasteiger partial charge in [-0.2, -0.15) is 0 Å². The van der Waals surface area contributed by atoms with Crippen LogP contribution in [0.4, 0.5) is 0 Å². The zero-order valence-electron chi connectivity index (χ0n) is 23.8. The molecule has 10 heteroatoms. The number of nitrogens with zero attached hydrogens (tertiary/aromatic N) is 1. The van der Waals surface area contributed by atoms with Gasteiger partial charge >= 0.3 is 17.9 Å². The van der Waals surface area contributed by atoms with Gasteiger partial charge in [0.1, 0.15) is 0 Å². The number of likely N-dealkylation sites (tertiary alicyclic amines) is 1. The number of carbonyl (C=O) groups is 3. The third kappa shape index (κ3) is 8.26. The van der Waals surface area contributed by atoms with E-state index in [1.807, 2.05) is 0 Å². The van der Waals surface area contributed by atoms with E-state index in [1.54, 1.807) is 24.6 Å². The summed E-state index contributed by atoms with van der Waals surface area (Å²) in [5.41, 5.74) is 9.37. The topological polar surface area (TPSA) is 156 Å². The highest BCUT2D eigenvalue weighted by atomic mass is 79.9. The average molecular weight is 653 g/mol. The van der Waals surface area contributed by atoms with Crippen molar-refractivity contribution in [1.29, 1.82) is 0 Å². The van der Waals surface area contributed by atoms with Crippen LogP contribution in [-0.4, -0.2) is 75.9 Å². The number of fused-ring (bicyclic) bond motifs is 2. The summed E-state index contributed by atoms with van der Waals surface area (Å²) < 4.78 is 5.64. The molecular weight excluding hydrogens is 618 g/mol. The number of carboxylic acid groups (broad SMARTS) is 2. The van der Waals surface area contributed by atoms with Gasteiger partial charge < -0.3 is 30.4 Å². The molecule has 2 atom stereocenters. The molecule has 0 spiro atoms. The van der Waals surface area contributed by atoms with Gasteiger partial charge in [-0.1, -0.05) is 81.7 Å². The van der Waals surface area contributed by atoms with E-state index in [9.17, 15) is 14.4 Å². The standard InChI is InChI=1S/C21H20BrN.C12H12O7.H2O/c1-23-12-10-17(11-13-23)21-19-5-3-2-4-15(19)6-7-16-8-9-18(22)14-20(16)21;1-6-2-4-7(5-3-6)12(18)19-9(11(16)17)8(13)10(14)15;/h2-9,14H,10-13H2,1H3;2-5,8-9,13H,1H3,(H,14,15)(H,16,17);1H2. The molecule has 1 heterocycles. The van der Waals surface area contributed by atoms with E-state index in [2.05, 4.69) is 87.2 Å². The molecular formula is C33H34BrNO8. The second kappa shape index (κ2) is 14.9. The highest BCUT2D eigenvalue weighted by Crippen LogP contribution is 2.39. The van der Waals surface area contributed by atoms with Crippen molar-refractivity contribution >= 4 is 51.6 Å². The lowest BCUT2D eigenvalue weighted by atomic mass is 9.86. The predicted octanol–water partition coefficient (Wildman–Crippen LogP) is 4.69. The van der Waals surface area contributed by atoms with Gasteiger partial charge in [-0.15, -0.1) is 0 Å². The summed E-state index contributed by atoms with van der Waals surface area (Å²) >= 11 is 3.66. The summed E-state index contributed by atoms with van der Waals surface area (Å²) in [4.78, 5) is 35.3. The summed E-state index contributed by atoms with van der Waals surface area (Å²) in [6.07, 6.45) is 2.34. The van der Waals surface area contributed by atoms with Gasteiger partial charge in [-0.3, -0.25) is 0 Å². The molecule has 2 unspecified atom stereocenters. The number of aliphatic hydroxyl groups excluding tert-OH is 1. The zero-order chi connectivity index (χ0) is 30.4. The summed E-state index contributed by atoms with van der Waals surface area (Å²) in [5.74, 6) is -4.55. The van der Waals surface area contributed by atoms with Crippen molar-refractivity contribution in [2.24, 2.45) is 0 Å². The summed E-state index contributed by atoms with van der Waals surface area (Å²) in [6, 6.07) is 21.5. The van der Waals surface area contributed by atoms with E-state index in [0.29, 0.717) is 0 Å². The van der Waals surface area contributed by atoms with E-state index in [1.165, 1.54) is 40.0 Å². The smallest absolute Gasteiger partial charge is 0.348 e. The highest BCUT2D eigenvalue weighted by molar-refractivity contribution is 9.10. The van der Waals surface area contributed by atoms with Crippen molar-refractivity contribution in [3.05, 3.63) is 110 Å². The van der Waals surface area contributed by atoms with Crippen molar-refractivity contribution in [2.45, 2.75) is 32.0 Å². The molecule has 3 aromatic rings. The van der Waals surface area contributed by atoms with E-state index < -0.39 is 30.1 Å². The Bertz CT molecular complexity index is 1540. The van der Waals surface area contributed by atoms with E-state index in [-0.39, 0.29) is 11.0 Å². The number of piperidine rings is 1. The first-order chi connectivity index (χ1) is 20.0. The van der Waals surface area contributed by atoms with Crippen molar-refractivity contribution < 1.29 is 39.9 Å². The van der Waals surface area contributed by atoms with Crippen molar-refractivity contribution in [1.82, 2.24) is 4.90 Å². The number of halogens is 1. The Morgan fingerprint density at radius 3 is 2.07 bits per heavy atom. The van der Waals surface area contributed by atoms with Crippen LogP contribution in [-0.2, 0) is 14.3 Å². The van der Waals surface area contributed by atoms with Crippen LogP contribution in [0.25, 0.3) is 17.7 Å².